The second kappa shape index (κ2) is 8.40. The van der Waals surface area contributed by atoms with Gasteiger partial charge in [-0.2, -0.15) is 0 Å². The molecule has 0 bridgehead atoms. The van der Waals surface area contributed by atoms with Crippen LogP contribution in [0.25, 0.3) is 0 Å². The van der Waals surface area contributed by atoms with Gasteiger partial charge in [-0.3, -0.25) is 4.98 Å². The maximum Gasteiger partial charge on any atom is 0.211 e. The topological polar surface area (TPSA) is 59.1 Å². The van der Waals surface area contributed by atoms with Crippen molar-refractivity contribution in [2.45, 2.75) is 39.0 Å². The van der Waals surface area contributed by atoms with Gasteiger partial charge in [0.05, 0.1) is 5.75 Å². The third-order valence-corrected chi connectivity index (χ3v) is 5.58. The minimum atomic E-state index is -3.24. The fourth-order valence-corrected chi connectivity index (χ4v) is 3.74. The van der Waals surface area contributed by atoms with Crippen LogP contribution in [0.2, 0.25) is 0 Å². The van der Waals surface area contributed by atoms with Crippen molar-refractivity contribution in [1.29, 1.82) is 0 Å². The molecule has 0 spiro atoms. The van der Waals surface area contributed by atoms with Gasteiger partial charge in [-0.1, -0.05) is 51.1 Å². The number of benzene rings is 1. The zero-order valence-electron chi connectivity index (χ0n) is 14.6. The van der Waals surface area contributed by atoms with E-state index in [2.05, 4.69) is 47.8 Å². The van der Waals surface area contributed by atoms with E-state index >= 15 is 0 Å². The number of nitrogens with zero attached hydrogens (tertiary/aromatic N) is 1. The summed E-state index contributed by atoms with van der Waals surface area (Å²) < 4.78 is 26.7. The number of nitrogens with one attached hydrogen (secondary N) is 1. The quantitative estimate of drug-likeness (QED) is 0.793. The Labute approximate surface area is 145 Å². The van der Waals surface area contributed by atoms with Crippen molar-refractivity contribution in [3.63, 3.8) is 0 Å². The fourth-order valence-electron chi connectivity index (χ4n) is 2.64. The lowest BCUT2D eigenvalue weighted by atomic mass is 9.92. The first-order valence-corrected chi connectivity index (χ1v) is 10.1. The molecule has 2 rings (SSSR count). The Hall–Kier alpha value is -1.72. The van der Waals surface area contributed by atoms with Crippen LogP contribution in [0, 0.1) is 0 Å². The summed E-state index contributed by atoms with van der Waals surface area (Å²) in [5.74, 6) is 0.517. The van der Waals surface area contributed by atoms with Crippen LogP contribution in [0.4, 0.5) is 0 Å². The SMILES string of the molecule is CCCS(=O)(=O)NCC(c1ccc(C(C)C)cc1)c1ccccn1. The number of hydrogen-bond donors (Lipinski definition) is 1. The summed E-state index contributed by atoms with van der Waals surface area (Å²) in [6.45, 7) is 6.49. The Morgan fingerprint density at radius 3 is 2.25 bits per heavy atom. The zero-order chi connectivity index (χ0) is 17.6. The summed E-state index contributed by atoms with van der Waals surface area (Å²) in [7, 11) is -3.24. The first-order chi connectivity index (χ1) is 11.4. The molecule has 0 fully saturated rings. The van der Waals surface area contributed by atoms with Crippen LogP contribution in [0.15, 0.2) is 48.7 Å². The summed E-state index contributed by atoms with van der Waals surface area (Å²) in [5, 5.41) is 0. The predicted octanol–water partition coefficient (Wildman–Crippen LogP) is 3.67. The molecular formula is C19H26N2O2S. The second-order valence-corrected chi connectivity index (χ2v) is 8.22. The monoisotopic (exact) mass is 346 g/mol. The highest BCUT2D eigenvalue weighted by molar-refractivity contribution is 7.89. The molecule has 4 nitrogen and oxygen atoms in total. The van der Waals surface area contributed by atoms with Gasteiger partial charge in [-0.05, 0) is 35.6 Å². The lowest BCUT2D eigenvalue weighted by Gasteiger charge is -2.18. The number of hydrogen-bond acceptors (Lipinski definition) is 3. The van der Waals surface area contributed by atoms with Crippen LogP contribution in [0.5, 0.6) is 0 Å². The van der Waals surface area contributed by atoms with Crippen molar-refractivity contribution in [2.75, 3.05) is 12.3 Å². The maximum absolute atomic E-state index is 12.0. The molecule has 5 heteroatoms. The molecule has 1 aromatic heterocycles. The minimum absolute atomic E-state index is 0.0981. The highest BCUT2D eigenvalue weighted by Gasteiger charge is 2.19. The molecule has 0 saturated heterocycles. The summed E-state index contributed by atoms with van der Waals surface area (Å²) in [5.41, 5.74) is 3.20. The molecule has 0 radical (unpaired) electrons. The molecule has 0 aliphatic heterocycles. The lowest BCUT2D eigenvalue weighted by Crippen LogP contribution is -2.31. The fraction of sp³-hybridized carbons (Fsp3) is 0.421. The van der Waals surface area contributed by atoms with Crippen molar-refractivity contribution in [3.8, 4) is 0 Å². The van der Waals surface area contributed by atoms with Crippen LogP contribution in [0.3, 0.4) is 0 Å². The standard InChI is InChI=1S/C19H26N2O2S/c1-4-13-24(22,23)21-14-18(19-7-5-6-12-20-19)17-10-8-16(9-11-17)15(2)3/h5-12,15,18,21H,4,13-14H2,1-3H3. The van der Waals surface area contributed by atoms with Crippen molar-refractivity contribution in [2.24, 2.45) is 0 Å². The lowest BCUT2D eigenvalue weighted by molar-refractivity contribution is 0.575. The molecular weight excluding hydrogens is 320 g/mol. The van der Waals surface area contributed by atoms with Crippen LogP contribution >= 0.6 is 0 Å². The second-order valence-electron chi connectivity index (χ2n) is 6.30. The van der Waals surface area contributed by atoms with Crippen LogP contribution in [-0.4, -0.2) is 25.7 Å². The first-order valence-electron chi connectivity index (χ1n) is 8.41. The molecule has 1 heterocycles. The Balaban J connectivity index is 2.26. The van der Waals surface area contributed by atoms with Gasteiger partial charge >= 0.3 is 0 Å². The molecule has 0 saturated carbocycles. The number of pyridine rings is 1. The normalized spacial score (nSPS) is 13.2. The maximum atomic E-state index is 12.0. The summed E-state index contributed by atoms with van der Waals surface area (Å²) in [6.07, 6.45) is 2.35. The van der Waals surface area contributed by atoms with Gasteiger partial charge in [0.25, 0.3) is 0 Å². The van der Waals surface area contributed by atoms with Crippen molar-refractivity contribution >= 4 is 10.0 Å². The minimum Gasteiger partial charge on any atom is -0.261 e. The first kappa shape index (κ1) is 18.6. The van der Waals surface area contributed by atoms with E-state index in [0.29, 0.717) is 18.9 Å². The van der Waals surface area contributed by atoms with Gasteiger partial charge in [0, 0.05) is 24.4 Å². The van der Waals surface area contributed by atoms with Gasteiger partial charge < -0.3 is 0 Å². The average Bonchev–Trinajstić information content (AvgIpc) is 2.56. The van der Waals surface area contributed by atoms with Crippen molar-refractivity contribution in [1.82, 2.24) is 9.71 Å². The van der Waals surface area contributed by atoms with E-state index in [0.717, 1.165) is 11.3 Å². The predicted molar refractivity (Wildman–Crippen MR) is 98.7 cm³/mol. The molecule has 1 N–H and O–H groups in total. The Morgan fingerprint density at radius 2 is 1.71 bits per heavy atom. The largest absolute Gasteiger partial charge is 0.261 e. The third-order valence-electron chi connectivity index (χ3n) is 4.03. The van der Waals surface area contributed by atoms with Crippen LogP contribution in [-0.2, 0) is 10.0 Å². The molecule has 1 aromatic carbocycles. The summed E-state index contributed by atoms with van der Waals surface area (Å²) >= 11 is 0. The molecule has 1 atom stereocenters. The Bertz CT molecular complexity index is 726. The number of aromatic nitrogens is 1. The Morgan fingerprint density at radius 1 is 1.04 bits per heavy atom. The highest BCUT2D eigenvalue weighted by atomic mass is 32.2. The number of sulfonamides is 1. The van der Waals surface area contributed by atoms with Gasteiger partial charge in [0.2, 0.25) is 10.0 Å². The van der Waals surface area contributed by atoms with Gasteiger partial charge in [-0.15, -0.1) is 0 Å². The average molecular weight is 346 g/mol. The Kier molecular flexibility index (Phi) is 6.52. The molecule has 0 amide bonds. The van der Waals surface area contributed by atoms with E-state index in [1.165, 1.54) is 5.56 Å². The van der Waals surface area contributed by atoms with E-state index in [4.69, 9.17) is 0 Å². The number of rotatable bonds is 8. The van der Waals surface area contributed by atoms with Gasteiger partial charge in [0.1, 0.15) is 0 Å². The molecule has 2 aromatic rings. The van der Waals surface area contributed by atoms with E-state index in [1.807, 2.05) is 25.1 Å². The smallest absolute Gasteiger partial charge is 0.211 e. The molecule has 1 unspecified atom stereocenters. The molecule has 0 aliphatic rings. The van der Waals surface area contributed by atoms with Crippen LogP contribution < -0.4 is 4.72 Å². The third kappa shape index (κ3) is 5.14. The highest BCUT2D eigenvalue weighted by Crippen LogP contribution is 2.24. The zero-order valence-corrected chi connectivity index (χ0v) is 15.4. The molecule has 130 valence electrons. The molecule has 24 heavy (non-hydrogen) atoms. The van der Waals surface area contributed by atoms with E-state index < -0.39 is 10.0 Å². The molecule has 0 aliphatic carbocycles. The van der Waals surface area contributed by atoms with E-state index in [1.54, 1.807) is 6.20 Å². The van der Waals surface area contributed by atoms with Crippen LogP contribution in [0.1, 0.15) is 55.8 Å². The van der Waals surface area contributed by atoms with Crippen molar-refractivity contribution < 1.29 is 8.42 Å². The van der Waals surface area contributed by atoms with Gasteiger partial charge in [-0.25, -0.2) is 13.1 Å². The van der Waals surface area contributed by atoms with Crippen molar-refractivity contribution in [3.05, 3.63) is 65.5 Å². The summed E-state index contributed by atoms with van der Waals surface area (Å²) in [6, 6.07) is 14.1. The summed E-state index contributed by atoms with van der Waals surface area (Å²) in [4.78, 5) is 4.42. The van der Waals surface area contributed by atoms with Gasteiger partial charge in [0.15, 0.2) is 0 Å². The van der Waals surface area contributed by atoms with E-state index in [9.17, 15) is 8.42 Å². The van der Waals surface area contributed by atoms with E-state index in [-0.39, 0.29) is 11.7 Å².